The van der Waals surface area contributed by atoms with E-state index in [4.69, 9.17) is 4.74 Å². The average molecular weight is 278 g/mol. The normalized spacial score (nSPS) is 40.9. The van der Waals surface area contributed by atoms with Crippen molar-refractivity contribution in [1.29, 1.82) is 0 Å². The lowest BCUT2D eigenvalue weighted by Gasteiger charge is -2.50. The molecule has 5 atom stereocenters. The summed E-state index contributed by atoms with van der Waals surface area (Å²) in [6, 6.07) is 0. The van der Waals surface area contributed by atoms with Gasteiger partial charge in [-0.1, -0.05) is 26.8 Å². The Balaban J connectivity index is 2.44. The summed E-state index contributed by atoms with van der Waals surface area (Å²) >= 11 is 0. The van der Waals surface area contributed by atoms with E-state index in [0.717, 1.165) is 18.4 Å². The molecule has 2 aliphatic rings. The minimum atomic E-state index is -0.604. The summed E-state index contributed by atoms with van der Waals surface area (Å²) in [4.78, 5) is 24.8. The summed E-state index contributed by atoms with van der Waals surface area (Å²) in [5.41, 5.74) is 0.662. The molecule has 2 rings (SSSR count). The van der Waals surface area contributed by atoms with Crippen LogP contribution in [0, 0.1) is 29.1 Å². The predicted molar refractivity (Wildman–Crippen MR) is 78.0 cm³/mol. The third-order valence-corrected chi connectivity index (χ3v) is 5.05. The van der Waals surface area contributed by atoms with Gasteiger partial charge in [-0.3, -0.25) is 9.59 Å². The van der Waals surface area contributed by atoms with Gasteiger partial charge in [-0.25, -0.2) is 0 Å². The number of carbonyl (C=O) groups is 2. The maximum Gasteiger partial charge on any atom is 0.317 e. The number of esters is 1. The maximum absolute atomic E-state index is 12.5. The van der Waals surface area contributed by atoms with Gasteiger partial charge in [-0.05, 0) is 55.4 Å². The summed E-state index contributed by atoms with van der Waals surface area (Å²) in [6.07, 6.45) is 4.24. The van der Waals surface area contributed by atoms with E-state index in [1.165, 1.54) is 0 Å². The number of ether oxygens (including phenoxy) is 1. The first-order valence-electron chi connectivity index (χ1n) is 7.70. The van der Waals surface area contributed by atoms with Crippen LogP contribution in [0.2, 0.25) is 0 Å². The van der Waals surface area contributed by atoms with E-state index in [1.807, 2.05) is 6.92 Å². The lowest BCUT2D eigenvalue weighted by Crippen LogP contribution is -2.50. The van der Waals surface area contributed by atoms with Crippen LogP contribution >= 0.6 is 0 Å². The SMILES string of the molecule is CCOC(=O)C1C(=O)C(C)=C[C@]2(C)C[C@@H](C)C[C@@H](C)[C@H]12. The van der Waals surface area contributed by atoms with Gasteiger partial charge in [0, 0.05) is 0 Å². The molecular weight excluding hydrogens is 252 g/mol. The van der Waals surface area contributed by atoms with Crippen molar-refractivity contribution in [2.24, 2.45) is 29.1 Å². The van der Waals surface area contributed by atoms with Crippen molar-refractivity contribution in [1.82, 2.24) is 0 Å². The van der Waals surface area contributed by atoms with Gasteiger partial charge in [-0.15, -0.1) is 0 Å². The largest absolute Gasteiger partial charge is 0.465 e. The highest BCUT2D eigenvalue weighted by Crippen LogP contribution is 2.54. The first kappa shape index (κ1) is 15.3. The average Bonchev–Trinajstić information content (AvgIpc) is 2.31. The minimum Gasteiger partial charge on any atom is -0.465 e. The second kappa shape index (κ2) is 5.34. The van der Waals surface area contributed by atoms with Crippen molar-refractivity contribution in [3.63, 3.8) is 0 Å². The molecule has 1 fully saturated rings. The van der Waals surface area contributed by atoms with Crippen LogP contribution in [0.15, 0.2) is 11.6 Å². The van der Waals surface area contributed by atoms with Crippen LogP contribution in [0.4, 0.5) is 0 Å². The van der Waals surface area contributed by atoms with Gasteiger partial charge < -0.3 is 4.74 Å². The summed E-state index contributed by atoms with van der Waals surface area (Å²) < 4.78 is 5.18. The first-order valence-corrected chi connectivity index (χ1v) is 7.70. The van der Waals surface area contributed by atoms with Crippen molar-refractivity contribution in [3.8, 4) is 0 Å². The van der Waals surface area contributed by atoms with E-state index in [2.05, 4.69) is 26.8 Å². The Kier molecular flexibility index (Phi) is 4.08. The van der Waals surface area contributed by atoms with Crippen molar-refractivity contribution in [2.75, 3.05) is 6.61 Å². The monoisotopic (exact) mass is 278 g/mol. The van der Waals surface area contributed by atoms with E-state index < -0.39 is 5.92 Å². The van der Waals surface area contributed by atoms with Gasteiger partial charge in [0.2, 0.25) is 0 Å². The van der Waals surface area contributed by atoms with Crippen molar-refractivity contribution in [3.05, 3.63) is 11.6 Å². The van der Waals surface area contributed by atoms with Crippen LogP contribution < -0.4 is 0 Å². The molecule has 0 saturated heterocycles. The molecule has 0 N–H and O–H groups in total. The van der Waals surface area contributed by atoms with Gasteiger partial charge in [0.05, 0.1) is 6.61 Å². The molecule has 2 aliphatic carbocycles. The summed E-state index contributed by atoms with van der Waals surface area (Å²) in [5, 5.41) is 0. The van der Waals surface area contributed by atoms with Gasteiger partial charge in [0.25, 0.3) is 0 Å². The highest BCUT2D eigenvalue weighted by Gasteiger charge is 2.53. The first-order chi connectivity index (χ1) is 9.30. The highest BCUT2D eigenvalue weighted by atomic mass is 16.5. The minimum absolute atomic E-state index is 0.0349. The number of allylic oxidation sites excluding steroid dienone is 2. The fourth-order valence-corrected chi connectivity index (χ4v) is 4.73. The fraction of sp³-hybridized carbons (Fsp3) is 0.765. The van der Waals surface area contributed by atoms with Gasteiger partial charge in [-0.2, -0.15) is 0 Å². The van der Waals surface area contributed by atoms with Crippen molar-refractivity contribution < 1.29 is 14.3 Å². The molecule has 1 saturated carbocycles. The van der Waals surface area contributed by atoms with E-state index >= 15 is 0 Å². The van der Waals surface area contributed by atoms with Crippen LogP contribution in [0.5, 0.6) is 0 Å². The second-order valence-electron chi connectivity index (χ2n) is 6.98. The zero-order chi connectivity index (χ0) is 15.1. The van der Waals surface area contributed by atoms with E-state index in [0.29, 0.717) is 18.4 Å². The van der Waals surface area contributed by atoms with E-state index in [1.54, 1.807) is 6.92 Å². The van der Waals surface area contributed by atoms with Crippen LogP contribution in [0.3, 0.4) is 0 Å². The van der Waals surface area contributed by atoms with Crippen LogP contribution in [-0.2, 0) is 14.3 Å². The number of hydrogen-bond donors (Lipinski definition) is 0. The standard InChI is InChI=1S/C17H26O3/c1-6-20-16(19)13-14-11(3)7-10(2)8-17(14,5)9-12(4)15(13)18/h9-11,13-14H,6-8H2,1-5H3/t10-,11+,13?,14+,17-/m0/s1. The summed E-state index contributed by atoms with van der Waals surface area (Å²) in [7, 11) is 0. The molecule has 0 aliphatic heterocycles. The molecule has 3 heteroatoms. The Morgan fingerprint density at radius 3 is 2.70 bits per heavy atom. The number of carbonyl (C=O) groups excluding carboxylic acids is 2. The molecule has 20 heavy (non-hydrogen) atoms. The highest BCUT2D eigenvalue weighted by molar-refractivity contribution is 6.09. The third-order valence-electron chi connectivity index (χ3n) is 5.05. The van der Waals surface area contributed by atoms with Gasteiger partial charge >= 0.3 is 5.97 Å². The van der Waals surface area contributed by atoms with Crippen LogP contribution in [0.25, 0.3) is 0 Å². The summed E-state index contributed by atoms with van der Waals surface area (Å²) in [6.45, 7) is 10.6. The quantitative estimate of drug-likeness (QED) is 0.574. The molecule has 1 unspecified atom stereocenters. The lowest BCUT2D eigenvalue weighted by atomic mass is 9.52. The molecule has 0 aromatic carbocycles. The Hall–Kier alpha value is -1.12. The number of ketones is 1. The Morgan fingerprint density at radius 1 is 1.45 bits per heavy atom. The topological polar surface area (TPSA) is 43.4 Å². The molecule has 0 aromatic rings. The van der Waals surface area contributed by atoms with E-state index in [9.17, 15) is 9.59 Å². The Morgan fingerprint density at radius 2 is 2.10 bits per heavy atom. The molecule has 0 radical (unpaired) electrons. The zero-order valence-corrected chi connectivity index (χ0v) is 13.2. The van der Waals surface area contributed by atoms with Crippen LogP contribution in [-0.4, -0.2) is 18.4 Å². The van der Waals surface area contributed by atoms with Crippen LogP contribution in [0.1, 0.15) is 47.5 Å². The maximum atomic E-state index is 12.5. The number of Topliss-reactive ketones (excluding diaryl/α,β-unsaturated/α-hetero) is 1. The van der Waals surface area contributed by atoms with Gasteiger partial charge in [0.15, 0.2) is 5.78 Å². The molecule has 0 bridgehead atoms. The molecule has 0 amide bonds. The molecule has 3 nitrogen and oxygen atoms in total. The molecular formula is C17H26O3. The Labute approximate surface area is 121 Å². The molecule has 112 valence electrons. The second-order valence-corrected chi connectivity index (χ2v) is 6.98. The smallest absolute Gasteiger partial charge is 0.317 e. The number of hydrogen-bond acceptors (Lipinski definition) is 3. The summed E-state index contributed by atoms with van der Waals surface area (Å²) in [5.74, 6) is 0.106. The Bertz CT molecular complexity index is 451. The van der Waals surface area contributed by atoms with Crippen molar-refractivity contribution >= 4 is 11.8 Å². The third kappa shape index (κ3) is 2.43. The molecule has 0 spiro atoms. The zero-order valence-electron chi connectivity index (χ0n) is 13.2. The lowest BCUT2D eigenvalue weighted by molar-refractivity contribution is -0.158. The predicted octanol–water partition coefficient (Wildman–Crippen LogP) is 3.38. The fourth-order valence-electron chi connectivity index (χ4n) is 4.73. The number of rotatable bonds is 2. The van der Waals surface area contributed by atoms with E-state index in [-0.39, 0.29) is 23.1 Å². The molecule has 0 aromatic heterocycles. The molecule has 0 heterocycles. The number of fused-ring (bicyclic) bond motifs is 1. The van der Waals surface area contributed by atoms with Crippen molar-refractivity contribution in [2.45, 2.75) is 47.5 Å². The van der Waals surface area contributed by atoms with Gasteiger partial charge in [0.1, 0.15) is 5.92 Å².